The van der Waals surface area contributed by atoms with Gasteiger partial charge in [0.2, 0.25) is 0 Å². The van der Waals surface area contributed by atoms with Gasteiger partial charge in [-0.1, -0.05) is 24.3 Å². The molecule has 16 heavy (non-hydrogen) atoms. The Morgan fingerprint density at radius 2 is 1.25 bits per heavy atom. The highest BCUT2D eigenvalue weighted by atomic mass is 35.5. The average molecular weight is 263 g/mol. The van der Waals surface area contributed by atoms with Crippen LogP contribution in [0.5, 0.6) is 0 Å². The Morgan fingerprint density at radius 3 is 1.38 bits per heavy atom. The number of hydrogen-bond acceptors (Lipinski definition) is 1. The topological polar surface area (TPSA) is 17.1 Å². The van der Waals surface area contributed by atoms with Gasteiger partial charge >= 0.3 is 0 Å². The summed E-state index contributed by atoms with van der Waals surface area (Å²) in [5, 5.41) is 0. The van der Waals surface area contributed by atoms with Crippen LogP contribution in [0.15, 0.2) is 24.3 Å². The number of rotatable bonds is 0. The lowest BCUT2D eigenvalue weighted by Gasteiger charge is -1.93. The second kappa shape index (κ2) is 11.0. The Hall–Kier alpha value is -0.530. The van der Waals surface area contributed by atoms with Gasteiger partial charge in [0.1, 0.15) is 10.6 Å². The van der Waals surface area contributed by atoms with Gasteiger partial charge in [-0.05, 0) is 45.7 Å². The SMILES string of the molecule is CC(C)=O.CC(Cl)Cl.Cc1ccccc1C. The molecule has 0 atom stereocenters. The van der Waals surface area contributed by atoms with E-state index in [-0.39, 0.29) is 10.6 Å². The molecule has 3 heteroatoms. The van der Waals surface area contributed by atoms with Gasteiger partial charge in [0.05, 0.1) is 0 Å². The van der Waals surface area contributed by atoms with E-state index in [0.717, 1.165) is 0 Å². The third kappa shape index (κ3) is 19.1. The number of carbonyl (C=O) groups excluding carboxylic acids is 1. The third-order valence-electron chi connectivity index (χ3n) is 1.43. The van der Waals surface area contributed by atoms with Crippen LogP contribution in [0.3, 0.4) is 0 Å². The molecule has 1 rings (SSSR count). The Bertz CT molecular complexity index is 268. The highest BCUT2D eigenvalue weighted by molar-refractivity contribution is 6.43. The first-order chi connectivity index (χ1) is 7.27. The molecule has 0 bridgehead atoms. The summed E-state index contributed by atoms with van der Waals surface area (Å²) in [6.07, 6.45) is 0. The fraction of sp³-hybridized carbons (Fsp3) is 0.462. The predicted molar refractivity (Wildman–Crippen MR) is 73.4 cm³/mol. The summed E-state index contributed by atoms with van der Waals surface area (Å²) in [5.41, 5.74) is 2.74. The molecule has 0 aliphatic rings. The van der Waals surface area contributed by atoms with Crippen molar-refractivity contribution < 1.29 is 4.79 Å². The van der Waals surface area contributed by atoms with Gasteiger partial charge in [-0.25, -0.2) is 0 Å². The maximum atomic E-state index is 9.44. The molecule has 0 saturated heterocycles. The maximum Gasteiger partial charge on any atom is 0.126 e. The molecule has 0 saturated carbocycles. The molecule has 0 radical (unpaired) electrons. The van der Waals surface area contributed by atoms with Gasteiger partial charge in [0.15, 0.2) is 0 Å². The minimum Gasteiger partial charge on any atom is -0.300 e. The number of benzene rings is 1. The molecule has 0 N–H and O–H groups in total. The molecule has 0 aliphatic carbocycles. The number of hydrogen-bond donors (Lipinski definition) is 0. The predicted octanol–water partition coefficient (Wildman–Crippen LogP) is 4.71. The summed E-state index contributed by atoms with van der Waals surface area (Å²) in [4.78, 5) is 9.22. The second-order valence-corrected chi connectivity index (χ2v) is 5.04. The molecule has 0 aromatic heterocycles. The van der Waals surface area contributed by atoms with E-state index in [1.807, 2.05) is 0 Å². The summed E-state index contributed by atoms with van der Waals surface area (Å²) < 4.78 is 0. The monoisotopic (exact) mass is 262 g/mol. The highest BCUT2D eigenvalue weighted by Crippen LogP contribution is 2.02. The van der Waals surface area contributed by atoms with Gasteiger partial charge < -0.3 is 4.79 Å². The minimum atomic E-state index is -0.222. The van der Waals surface area contributed by atoms with Crippen molar-refractivity contribution >= 4 is 29.0 Å². The molecule has 1 aromatic rings. The zero-order valence-corrected chi connectivity index (χ0v) is 12.1. The summed E-state index contributed by atoms with van der Waals surface area (Å²) >= 11 is 10.1. The van der Waals surface area contributed by atoms with Crippen LogP contribution in [0.2, 0.25) is 0 Å². The van der Waals surface area contributed by atoms with Crippen molar-refractivity contribution in [2.45, 2.75) is 39.5 Å². The summed E-state index contributed by atoms with van der Waals surface area (Å²) in [7, 11) is 0. The first-order valence-corrected chi connectivity index (χ1v) is 5.92. The lowest BCUT2D eigenvalue weighted by Crippen LogP contribution is -1.74. The minimum absolute atomic E-state index is 0.167. The lowest BCUT2D eigenvalue weighted by atomic mass is 10.1. The smallest absolute Gasteiger partial charge is 0.126 e. The Labute approximate surface area is 109 Å². The average Bonchev–Trinajstić information content (AvgIpc) is 2.08. The van der Waals surface area contributed by atoms with E-state index in [1.54, 1.807) is 6.92 Å². The normalized spacial score (nSPS) is 8.50. The van der Waals surface area contributed by atoms with Crippen molar-refractivity contribution in [2.75, 3.05) is 0 Å². The largest absolute Gasteiger partial charge is 0.300 e. The van der Waals surface area contributed by atoms with Crippen molar-refractivity contribution in [2.24, 2.45) is 0 Å². The Balaban J connectivity index is 0. The molecule has 0 amide bonds. The first kappa shape index (κ1) is 17.9. The molecule has 1 nitrogen and oxygen atoms in total. The number of Topliss-reactive ketones (excluding diaryl/α,β-unsaturated/α-hetero) is 1. The fourth-order valence-electron chi connectivity index (χ4n) is 0.663. The van der Waals surface area contributed by atoms with Gasteiger partial charge in [-0.15, -0.1) is 23.2 Å². The van der Waals surface area contributed by atoms with Gasteiger partial charge in [-0.2, -0.15) is 0 Å². The molecule has 0 heterocycles. The van der Waals surface area contributed by atoms with Crippen LogP contribution < -0.4 is 0 Å². The van der Waals surface area contributed by atoms with Crippen LogP contribution in [-0.4, -0.2) is 10.6 Å². The number of ketones is 1. The summed E-state index contributed by atoms with van der Waals surface area (Å²) in [6.45, 7) is 8.99. The molecule has 0 spiro atoms. The van der Waals surface area contributed by atoms with Crippen LogP contribution in [0.1, 0.15) is 31.9 Å². The van der Waals surface area contributed by atoms with Crippen molar-refractivity contribution in [1.29, 1.82) is 0 Å². The van der Waals surface area contributed by atoms with E-state index in [0.29, 0.717) is 0 Å². The number of aryl methyl sites for hydroxylation is 2. The standard InChI is InChI=1S/C8H10.C3H6O.C2H4Cl2/c1-7-5-3-4-6-8(7)2;1-3(2)4;1-2(3)4/h3-6H,1-2H3;1-2H3;2H,1H3. The summed E-state index contributed by atoms with van der Waals surface area (Å²) in [5.74, 6) is 0.167. The van der Waals surface area contributed by atoms with Crippen molar-refractivity contribution in [1.82, 2.24) is 0 Å². The zero-order chi connectivity index (χ0) is 13.1. The van der Waals surface area contributed by atoms with E-state index in [2.05, 4.69) is 38.1 Å². The van der Waals surface area contributed by atoms with Crippen molar-refractivity contribution in [3.8, 4) is 0 Å². The number of carbonyl (C=O) groups is 1. The van der Waals surface area contributed by atoms with Crippen molar-refractivity contribution in [3.05, 3.63) is 35.4 Å². The quantitative estimate of drug-likeness (QED) is 0.619. The first-order valence-electron chi connectivity index (χ1n) is 5.05. The number of alkyl halides is 2. The highest BCUT2D eigenvalue weighted by Gasteiger charge is 1.83. The van der Waals surface area contributed by atoms with Gasteiger partial charge in [0.25, 0.3) is 0 Å². The van der Waals surface area contributed by atoms with Crippen LogP contribution in [-0.2, 0) is 4.79 Å². The van der Waals surface area contributed by atoms with E-state index < -0.39 is 0 Å². The molecule has 0 aliphatic heterocycles. The third-order valence-corrected chi connectivity index (χ3v) is 1.43. The summed E-state index contributed by atoms with van der Waals surface area (Å²) in [6, 6.07) is 8.36. The van der Waals surface area contributed by atoms with E-state index >= 15 is 0 Å². The van der Waals surface area contributed by atoms with Crippen LogP contribution in [0.25, 0.3) is 0 Å². The molecular weight excluding hydrogens is 243 g/mol. The fourth-order valence-corrected chi connectivity index (χ4v) is 0.663. The Kier molecular flexibility index (Phi) is 12.2. The van der Waals surface area contributed by atoms with E-state index in [1.165, 1.54) is 25.0 Å². The molecular formula is C13H20Cl2O. The molecule has 0 unspecified atom stereocenters. The second-order valence-electron chi connectivity index (χ2n) is 3.51. The molecule has 1 aromatic carbocycles. The molecule has 92 valence electrons. The Morgan fingerprint density at radius 1 is 1.06 bits per heavy atom. The zero-order valence-electron chi connectivity index (χ0n) is 10.6. The van der Waals surface area contributed by atoms with Gasteiger partial charge in [0, 0.05) is 0 Å². The van der Waals surface area contributed by atoms with E-state index in [9.17, 15) is 4.79 Å². The molecule has 0 fully saturated rings. The number of halogens is 2. The van der Waals surface area contributed by atoms with Crippen LogP contribution in [0, 0.1) is 13.8 Å². The van der Waals surface area contributed by atoms with Crippen molar-refractivity contribution in [3.63, 3.8) is 0 Å². The van der Waals surface area contributed by atoms with E-state index in [4.69, 9.17) is 23.2 Å². The lowest BCUT2D eigenvalue weighted by molar-refractivity contribution is -0.114. The van der Waals surface area contributed by atoms with Crippen LogP contribution >= 0.6 is 23.2 Å². The van der Waals surface area contributed by atoms with Crippen LogP contribution in [0.4, 0.5) is 0 Å². The van der Waals surface area contributed by atoms with Gasteiger partial charge in [-0.3, -0.25) is 0 Å². The maximum absolute atomic E-state index is 9.44.